The van der Waals surface area contributed by atoms with Crippen LogP contribution in [0.15, 0.2) is 36.7 Å². The monoisotopic (exact) mass is 422 g/mol. The van der Waals surface area contributed by atoms with Gasteiger partial charge in [-0.15, -0.1) is 0 Å². The molecule has 1 aliphatic carbocycles. The maximum Gasteiger partial charge on any atom is 0.408 e. The van der Waals surface area contributed by atoms with E-state index in [0.29, 0.717) is 26.7 Å². The molecule has 1 N–H and O–H groups in total. The molecule has 2 fully saturated rings. The molecular formula is C20H14Cl2F2N2O2. The first-order valence-electron chi connectivity index (χ1n) is 8.58. The van der Waals surface area contributed by atoms with E-state index >= 15 is 0 Å². The number of nitrogens with one attached hydrogen (secondary N) is 1. The first kappa shape index (κ1) is 19.0. The van der Waals surface area contributed by atoms with E-state index in [-0.39, 0.29) is 18.8 Å². The van der Waals surface area contributed by atoms with Crippen LogP contribution in [0.5, 0.6) is 0 Å². The molecule has 2 aliphatic rings. The molecule has 1 aromatic heterocycles. The quantitative estimate of drug-likeness (QED) is 0.667. The van der Waals surface area contributed by atoms with Gasteiger partial charge in [-0.2, -0.15) is 0 Å². The highest BCUT2D eigenvalue weighted by Crippen LogP contribution is 2.42. The Balaban J connectivity index is 1.60. The van der Waals surface area contributed by atoms with E-state index in [0.717, 1.165) is 0 Å². The van der Waals surface area contributed by atoms with Crippen LogP contribution in [-0.2, 0) is 4.74 Å². The van der Waals surface area contributed by atoms with Crippen molar-refractivity contribution >= 4 is 29.3 Å². The average Bonchev–Trinajstić information content (AvgIpc) is 3.02. The van der Waals surface area contributed by atoms with Gasteiger partial charge in [0, 0.05) is 42.3 Å². The lowest BCUT2D eigenvalue weighted by atomic mass is 9.82. The maximum absolute atomic E-state index is 12.9. The highest BCUT2D eigenvalue weighted by Gasteiger charge is 2.44. The zero-order chi connectivity index (χ0) is 19.9. The van der Waals surface area contributed by atoms with Crippen LogP contribution < -0.4 is 5.32 Å². The fourth-order valence-electron chi connectivity index (χ4n) is 3.31. The number of carbonyl (C=O) groups is 1. The Morgan fingerprint density at radius 1 is 1.25 bits per heavy atom. The molecule has 4 rings (SSSR count). The summed E-state index contributed by atoms with van der Waals surface area (Å²) in [6, 6.07) is 6.32. The molecule has 1 saturated carbocycles. The number of hydrogen-bond acceptors (Lipinski definition) is 3. The first-order chi connectivity index (χ1) is 13.3. The van der Waals surface area contributed by atoms with Crippen LogP contribution in [-0.4, -0.2) is 17.0 Å². The molecular weight excluding hydrogens is 409 g/mol. The van der Waals surface area contributed by atoms with Crippen LogP contribution in [0, 0.1) is 17.8 Å². The van der Waals surface area contributed by atoms with Crippen LogP contribution in [0.2, 0.25) is 10.0 Å². The van der Waals surface area contributed by atoms with E-state index in [1.54, 1.807) is 36.7 Å². The van der Waals surface area contributed by atoms with Crippen molar-refractivity contribution in [3.8, 4) is 11.8 Å². The SMILES string of the molecule is O=C1NC(c2cncc(C#CC3CC(F)(F)C3)c2)C(c2cccc(Cl)c2Cl)O1. The number of rotatable bonds is 2. The molecule has 1 amide bonds. The highest BCUT2D eigenvalue weighted by atomic mass is 35.5. The minimum atomic E-state index is -2.60. The Hall–Kier alpha value is -2.36. The Morgan fingerprint density at radius 3 is 2.79 bits per heavy atom. The lowest BCUT2D eigenvalue weighted by Crippen LogP contribution is -2.34. The van der Waals surface area contributed by atoms with Gasteiger partial charge in [-0.25, -0.2) is 13.6 Å². The molecule has 8 heteroatoms. The number of aromatic nitrogens is 1. The van der Waals surface area contributed by atoms with Crippen molar-refractivity contribution in [1.82, 2.24) is 10.3 Å². The Kier molecular flexibility index (Phi) is 4.90. The highest BCUT2D eigenvalue weighted by molar-refractivity contribution is 6.42. The number of alkyl halides is 2. The number of pyridine rings is 1. The van der Waals surface area contributed by atoms with Gasteiger partial charge in [-0.05, 0) is 17.7 Å². The molecule has 2 aromatic rings. The summed E-state index contributed by atoms with van der Waals surface area (Å²) in [6.07, 6.45) is 1.44. The molecule has 1 aliphatic heterocycles. The molecule has 0 bridgehead atoms. The van der Waals surface area contributed by atoms with Gasteiger partial charge in [0.05, 0.1) is 10.0 Å². The molecule has 4 nitrogen and oxygen atoms in total. The third-order valence-corrected chi connectivity index (χ3v) is 5.56. The van der Waals surface area contributed by atoms with E-state index < -0.39 is 24.2 Å². The summed E-state index contributed by atoms with van der Waals surface area (Å²) in [5.74, 6) is 2.82. The predicted octanol–water partition coefficient (Wildman–Crippen LogP) is 5.31. The second-order valence-corrected chi connectivity index (χ2v) is 7.61. The minimum Gasteiger partial charge on any atom is -0.439 e. The van der Waals surface area contributed by atoms with Crippen LogP contribution >= 0.6 is 23.2 Å². The van der Waals surface area contributed by atoms with E-state index in [9.17, 15) is 13.6 Å². The summed E-state index contributed by atoms with van der Waals surface area (Å²) in [5, 5.41) is 3.41. The van der Waals surface area contributed by atoms with Crippen LogP contribution in [0.3, 0.4) is 0 Å². The Labute approximate surface area is 170 Å². The van der Waals surface area contributed by atoms with Gasteiger partial charge >= 0.3 is 6.09 Å². The van der Waals surface area contributed by atoms with Gasteiger partial charge in [-0.3, -0.25) is 4.98 Å². The van der Waals surface area contributed by atoms with Gasteiger partial charge < -0.3 is 10.1 Å². The standard InChI is InChI=1S/C20H14Cl2F2N2O2/c21-15-3-1-2-14(16(15)22)18-17(26-19(27)28-18)13-6-11(9-25-10-13)4-5-12-7-20(23,24)8-12/h1-3,6,9-10,12,17-18H,7-8H2,(H,26,27). The summed E-state index contributed by atoms with van der Waals surface area (Å²) in [5.41, 5.74) is 1.81. The summed E-state index contributed by atoms with van der Waals surface area (Å²) in [4.78, 5) is 16.0. The number of benzene rings is 1. The van der Waals surface area contributed by atoms with Gasteiger partial charge in [0.2, 0.25) is 0 Å². The van der Waals surface area contributed by atoms with Crippen LogP contribution in [0.25, 0.3) is 0 Å². The average molecular weight is 423 g/mol. The third kappa shape index (κ3) is 3.78. The van der Waals surface area contributed by atoms with Crippen molar-refractivity contribution in [2.45, 2.75) is 30.9 Å². The van der Waals surface area contributed by atoms with Crippen molar-refractivity contribution in [2.24, 2.45) is 5.92 Å². The number of ether oxygens (including phenoxy) is 1. The van der Waals surface area contributed by atoms with Crippen LogP contribution in [0.4, 0.5) is 13.6 Å². The van der Waals surface area contributed by atoms with Gasteiger partial charge in [-0.1, -0.05) is 47.2 Å². The van der Waals surface area contributed by atoms with E-state index in [1.807, 2.05) is 0 Å². The molecule has 144 valence electrons. The topological polar surface area (TPSA) is 51.2 Å². The third-order valence-electron chi connectivity index (χ3n) is 4.73. The predicted molar refractivity (Wildman–Crippen MR) is 100 cm³/mol. The zero-order valence-corrected chi connectivity index (χ0v) is 15.9. The summed E-state index contributed by atoms with van der Waals surface area (Å²) >= 11 is 12.4. The number of nitrogens with zero attached hydrogens (tertiary/aromatic N) is 1. The zero-order valence-electron chi connectivity index (χ0n) is 14.4. The molecule has 2 atom stereocenters. The smallest absolute Gasteiger partial charge is 0.408 e. The first-order valence-corrected chi connectivity index (χ1v) is 9.33. The molecule has 2 heterocycles. The number of amides is 1. The molecule has 0 spiro atoms. The van der Waals surface area contributed by atoms with E-state index in [2.05, 4.69) is 22.1 Å². The number of hydrogen-bond donors (Lipinski definition) is 1. The normalized spacial score (nSPS) is 23.2. The minimum absolute atomic E-state index is 0.213. The molecule has 1 aromatic carbocycles. The van der Waals surface area contributed by atoms with Crippen molar-refractivity contribution in [3.63, 3.8) is 0 Å². The maximum atomic E-state index is 12.9. The number of carbonyl (C=O) groups excluding carboxylic acids is 1. The fourth-order valence-corrected chi connectivity index (χ4v) is 3.72. The largest absolute Gasteiger partial charge is 0.439 e. The van der Waals surface area contributed by atoms with Gasteiger partial charge in [0.1, 0.15) is 6.04 Å². The van der Waals surface area contributed by atoms with Crippen LogP contribution in [0.1, 0.15) is 41.7 Å². The number of halogens is 4. The van der Waals surface area contributed by atoms with Crippen molar-refractivity contribution in [1.29, 1.82) is 0 Å². The summed E-state index contributed by atoms with van der Waals surface area (Å²) in [7, 11) is 0. The number of alkyl carbamates (subject to hydrolysis) is 1. The lowest BCUT2D eigenvalue weighted by molar-refractivity contribution is -0.0936. The van der Waals surface area contributed by atoms with Crippen molar-refractivity contribution in [3.05, 3.63) is 63.4 Å². The Bertz CT molecular complexity index is 995. The summed E-state index contributed by atoms with van der Waals surface area (Å²) < 4.78 is 31.3. The fraction of sp³-hybridized carbons (Fsp3) is 0.300. The van der Waals surface area contributed by atoms with E-state index in [1.165, 1.54) is 0 Å². The molecule has 0 radical (unpaired) electrons. The van der Waals surface area contributed by atoms with Gasteiger partial charge in [0.25, 0.3) is 5.92 Å². The Morgan fingerprint density at radius 2 is 2.04 bits per heavy atom. The molecule has 2 unspecified atom stereocenters. The van der Waals surface area contributed by atoms with E-state index in [4.69, 9.17) is 27.9 Å². The van der Waals surface area contributed by atoms with Crippen molar-refractivity contribution in [2.75, 3.05) is 0 Å². The van der Waals surface area contributed by atoms with Crippen molar-refractivity contribution < 1.29 is 18.3 Å². The summed E-state index contributed by atoms with van der Waals surface area (Å²) in [6.45, 7) is 0. The number of cyclic esters (lactones) is 1. The lowest BCUT2D eigenvalue weighted by Gasteiger charge is -2.31. The second kappa shape index (κ2) is 7.23. The van der Waals surface area contributed by atoms with Gasteiger partial charge in [0.15, 0.2) is 6.10 Å². The second-order valence-electron chi connectivity index (χ2n) is 6.83. The molecule has 1 saturated heterocycles. The molecule has 28 heavy (non-hydrogen) atoms.